The third-order valence-corrected chi connectivity index (χ3v) is 4.60. The number of aromatic nitrogens is 1. The Bertz CT molecular complexity index is 505. The molecular weight excluding hydrogens is 312 g/mol. The van der Waals surface area contributed by atoms with Crippen LogP contribution in [0.5, 0.6) is 0 Å². The van der Waals surface area contributed by atoms with E-state index in [0.29, 0.717) is 28.3 Å². The van der Waals surface area contributed by atoms with Gasteiger partial charge in [-0.15, -0.1) is 0 Å². The van der Waals surface area contributed by atoms with Gasteiger partial charge in [0.1, 0.15) is 12.0 Å². The summed E-state index contributed by atoms with van der Waals surface area (Å²) >= 11 is 3.42. The Morgan fingerprint density at radius 1 is 1.68 bits per heavy atom. The van der Waals surface area contributed by atoms with Crippen LogP contribution in [-0.4, -0.2) is 29.5 Å². The molecule has 1 aliphatic rings. The van der Waals surface area contributed by atoms with Gasteiger partial charge in [-0.2, -0.15) is 0 Å². The Kier molecular flexibility index (Phi) is 4.05. The van der Waals surface area contributed by atoms with E-state index in [2.05, 4.69) is 20.9 Å². The van der Waals surface area contributed by atoms with Crippen LogP contribution in [0, 0.1) is 23.0 Å². The van der Waals surface area contributed by atoms with Crippen molar-refractivity contribution in [1.82, 2.24) is 4.98 Å². The molecule has 1 fully saturated rings. The molecule has 0 saturated heterocycles. The minimum absolute atomic E-state index is 0.0275. The number of nitrogens with two attached hydrogens (primary N) is 1. The molecule has 0 aliphatic heterocycles. The van der Waals surface area contributed by atoms with E-state index in [1.165, 1.54) is 19.0 Å². The first-order valence-corrected chi connectivity index (χ1v) is 6.99. The lowest BCUT2D eigenvalue weighted by molar-refractivity contribution is -0.385. The van der Waals surface area contributed by atoms with Crippen LogP contribution in [0.15, 0.2) is 10.7 Å². The first kappa shape index (κ1) is 14.2. The second kappa shape index (κ2) is 5.42. The van der Waals surface area contributed by atoms with Gasteiger partial charge in [-0.05, 0) is 41.6 Å². The Morgan fingerprint density at radius 2 is 2.32 bits per heavy atom. The summed E-state index contributed by atoms with van der Waals surface area (Å²) in [5.41, 5.74) is 6.44. The van der Waals surface area contributed by atoms with Gasteiger partial charge in [0.05, 0.1) is 9.40 Å². The fraction of sp³-hybridized carbons (Fsp3) is 0.583. The molecule has 19 heavy (non-hydrogen) atoms. The largest absolute Gasteiger partial charge is 0.354 e. The molecule has 0 bridgehead atoms. The standard InChI is InChI=1S/C12H17BrN4O2/c1-7-10(17(18)19)6-15-12(11(7)13)16(2)9(5-14)8-3-4-8/h6,8-9H,3-5,14H2,1-2H3. The lowest BCUT2D eigenvalue weighted by Crippen LogP contribution is -2.40. The van der Waals surface area contributed by atoms with Crippen LogP contribution in [0.2, 0.25) is 0 Å². The van der Waals surface area contributed by atoms with Crippen LogP contribution in [0.4, 0.5) is 11.5 Å². The zero-order chi connectivity index (χ0) is 14.2. The summed E-state index contributed by atoms with van der Waals surface area (Å²) in [4.78, 5) is 16.7. The third-order valence-electron chi connectivity index (χ3n) is 3.65. The minimum Gasteiger partial charge on any atom is -0.354 e. The number of rotatable bonds is 5. The molecule has 0 radical (unpaired) electrons. The lowest BCUT2D eigenvalue weighted by Gasteiger charge is -2.29. The van der Waals surface area contributed by atoms with Crippen molar-refractivity contribution >= 4 is 27.4 Å². The van der Waals surface area contributed by atoms with Crippen molar-refractivity contribution in [2.24, 2.45) is 11.7 Å². The molecule has 1 heterocycles. The van der Waals surface area contributed by atoms with E-state index in [1.54, 1.807) is 6.92 Å². The molecule has 1 saturated carbocycles. The quantitative estimate of drug-likeness (QED) is 0.661. The van der Waals surface area contributed by atoms with Crippen molar-refractivity contribution in [1.29, 1.82) is 0 Å². The van der Waals surface area contributed by atoms with Gasteiger partial charge >= 0.3 is 0 Å². The third kappa shape index (κ3) is 2.71. The number of nitrogens with zero attached hydrogens (tertiary/aromatic N) is 3. The van der Waals surface area contributed by atoms with Gasteiger partial charge in [-0.25, -0.2) is 4.98 Å². The van der Waals surface area contributed by atoms with E-state index in [9.17, 15) is 10.1 Å². The SMILES string of the molecule is Cc1c([N+](=O)[O-])cnc(N(C)C(CN)C2CC2)c1Br. The van der Waals surface area contributed by atoms with Gasteiger partial charge in [0.25, 0.3) is 5.69 Å². The van der Waals surface area contributed by atoms with E-state index < -0.39 is 4.92 Å². The van der Waals surface area contributed by atoms with Crippen molar-refractivity contribution in [3.8, 4) is 0 Å². The Morgan fingerprint density at radius 3 is 2.79 bits per heavy atom. The van der Waals surface area contributed by atoms with Crippen molar-refractivity contribution in [2.75, 3.05) is 18.5 Å². The fourth-order valence-corrected chi connectivity index (χ4v) is 2.88. The Balaban J connectivity index is 2.34. The maximum absolute atomic E-state index is 10.9. The highest BCUT2D eigenvalue weighted by Gasteiger charge is 2.34. The molecule has 0 aromatic carbocycles. The van der Waals surface area contributed by atoms with Crippen molar-refractivity contribution in [3.05, 3.63) is 26.3 Å². The van der Waals surface area contributed by atoms with Crippen LogP contribution in [-0.2, 0) is 0 Å². The zero-order valence-corrected chi connectivity index (χ0v) is 12.6. The summed E-state index contributed by atoms with van der Waals surface area (Å²) in [6.45, 7) is 2.28. The number of pyridine rings is 1. The molecule has 2 rings (SSSR count). The van der Waals surface area contributed by atoms with E-state index in [4.69, 9.17) is 5.73 Å². The molecule has 0 amide bonds. The smallest absolute Gasteiger partial charge is 0.291 e. The molecule has 6 nitrogen and oxygen atoms in total. The summed E-state index contributed by atoms with van der Waals surface area (Å²) in [5, 5.41) is 10.9. The maximum Gasteiger partial charge on any atom is 0.291 e. The van der Waals surface area contributed by atoms with Crippen molar-refractivity contribution in [2.45, 2.75) is 25.8 Å². The number of likely N-dealkylation sites (N-methyl/N-ethyl adjacent to an activating group) is 1. The number of anilines is 1. The number of halogens is 1. The average molecular weight is 329 g/mol. The highest BCUT2D eigenvalue weighted by molar-refractivity contribution is 9.10. The maximum atomic E-state index is 10.9. The second-order valence-electron chi connectivity index (χ2n) is 4.91. The monoisotopic (exact) mass is 328 g/mol. The number of hydrogen-bond acceptors (Lipinski definition) is 5. The molecule has 1 aromatic rings. The summed E-state index contributed by atoms with van der Waals surface area (Å²) in [7, 11) is 1.94. The molecule has 1 unspecified atom stereocenters. The van der Waals surface area contributed by atoms with Crippen LogP contribution in [0.3, 0.4) is 0 Å². The second-order valence-corrected chi connectivity index (χ2v) is 5.71. The van der Waals surface area contributed by atoms with Gasteiger partial charge in [-0.3, -0.25) is 10.1 Å². The number of hydrogen-bond donors (Lipinski definition) is 1. The van der Waals surface area contributed by atoms with Gasteiger partial charge < -0.3 is 10.6 Å². The van der Waals surface area contributed by atoms with Crippen LogP contribution in [0.1, 0.15) is 18.4 Å². The Labute approximate surface area is 120 Å². The fourth-order valence-electron chi connectivity index (χ4n) is 2.29. The first-order valence-electron chi connectivity index (χ1n) is 6.19. The topological polar surface area (TPSA) is 85.3 Å². The van der Waals surface area contributed by atoms with E-state index in [1.807, 2.05) is 11.9 Å². The summed E-state index contributed by atoms with van der Waals surface area (Å²) in [6.07, 6.45) is 3.69. The van der Waals surface area contributed by atoms with E-state index in [-0.39, 0.29) is 11.7 Å². The summed E-state index contributed by atoms with van der Waals surface area (Å²) in [5.74, 6) is 1.32. The van der Waals surface area contributed by atoms with Crippen molar-refractivity contribution < 1.29 is 4.92 Å². The molecule has 1 atom stereocenters. The van der Waals surface area contributed by atoms with Crippen LogP contribution in [0.25, 0.3) is 0 Å². The molecule has 1 aliphatic carbocycles. The summed E-state index contributed by atoms with van der Waals surface area (Å²) < 4.78 is 0.670. The summed E-state index contributed by atoms with van der Waals surface area (Å²) in [6, 6.07) is 0.240. The van der Waals surface area contributed by atoms with Gasteiger partial charge in [0.2, 0.25) is 0 Å². The van der Waals surface area contributed by atoms with Crippen LogP contribution < -0.4 is 10.6 Å². The first-order chi connectivity index (χ1) is 8.97. The van der Waals surface area contributed by atoms with E-state index in [0.717, 1.165) is 0 Å². The molecule has 2 N–H and O–H groups in total. The average Bonchev–Trinajstić information content (AvgIpc) is 3.17. The van der Waals surface area contributed by atoms with Gasteiger partial charge in [-0.1, -0.05) is 0 Å². The lowest BCUT2D eigenvalue weighted by atomic mass is 10.1. The van der Waals surface area contributed by atoms with Crippen molar-refractivity contribution in [3.63, 3.8) is 0 Å². The minimum atomic E-state index is -0.418. The predicted molar refractivity (Wildman–Crippen MR) is 77.3 cm³/mol. The number of nitro groups is 1. The predicted octanol–water partition coefficient (Wildman–Crippen LogP) is 2.23. The molecule has 7 heteroatoms. The molecule has 104 valence electrons. The van der Waals surface area contributed by atoms with Gasteiger partial charge in [0, 0.05) is 25.2 Å². The molecule has 0 spiro atoms. The van der Waals surface area contributed by atoms with Crippen LogP contribution >= 0.6 is 15.9 Å². The van der Waals surface area contributed by atoms with Gasteiger partial charge in [0.15, 0.2) is 0 Å². The molecule has 1 aromatic heterocycles. The van der Waals surface area contributed by atoms with E-state index >= 15 is 0 Å². The normalized spacial score (nSPS) is 16.2. The highest BCUT2D eigenvalue weighted by atomic mass is 79.9. The Hall–Kier alpha value is -1.21. The molecular formula is C12H17BrN4O2. The zero-order valence-electron chi connectivity index (χ0n) is 11.0. The highest BCUT2D eigenvalue weighted by Crippen LogP contribution is 2.39.